The Morgan fingerprint density at radius 3 is 2.76 bits per heavy atom. The van der Waals surface area contributed by atoms with Crippen LogP contribution in [0.1, 0.15) is 66.6 Å². The van der Waals surface area contributed by atoms with Gasteiger partial charge in [0.05, 0.1) is 36.0 Å². The van der Waals surface area contributed by atoms with Crippen LogP contribution in [-0.4, -0.2) is 33.7 Å². The number of carbonyl (C=O) groups is 1. The number of benzene rings is 1. The average molecular weight is 461 g/mol. The minimum atomic E-state index is -0.373. The minimum absolute atomic E-state index is 0.175. The molecular weight excluding hydrogens is 428 g/mol. The lowest BCUT2D eigenvalue weighted by Gasteiger charge is -2.27. The van der Waals surface area contributed by atoms with E-state index in [-0.39, 0.29) is 23.6 Å². The number of pyridine rings is 2. The first-order chi connectivity index (χ1) is 16.5. The van der Waals surface area contributed by atoms with Gasteiger partial charge in [-0.15, -0.1) is 0 Å². The van der Waals surface area contributed by atoms with Gasteiger partial charge in [0.25, 0.3) is 5.91 Å². The van der Waals surface area contributed by atoms with Crippen LogP contribution in [-0.2, 0) is 0 Å². The molecule has 4 rings (SSSR count). The standard InChI is InChI=1S/C27H32N4O3/c1-3-13-34-21-6-4-5-19(15-21)25-17(2)14-23(28)26(31-25)27(33)30-24-16-29-12-11-22(24)18-7-9-20(32)10-8-18/h4-6,11-12,14-16,18,20,32H,3,7-10,13,28H2,1-2H3,(H,30,33). The number of nitrogens with two attached hydrogens (primary N) is 1. The van der Waals surface area contributed by atoms with Crippen molar-refractivity contribution in [2.45, 2.75) is 58.0 Å². The van der Waals surface area contributed by atoms with Crippen LogP contribution < -0.4 is 15.8 Å². The van der Waals surface area contributed by atoms with Gasteiger partial charge in [0, 0.05) is 11.8 Å². The molecule has 3 aromatic rings. The predicted molar refractivity (Wildman–Crippen MR) is 134 cm³/mol. The Morgan fingerprint density at radius 1 is 1.21 bits per heavy atom. The highest BCUT2D eigenvalue weighted by Gasteiger charge is 2.24. The Bertz CT molecular complexity index is 1160. The number of hydrogen-bond acceptors (Lipinski definition) is 6. The first-order valence-electron chi connectivity index (χ1n) is 11.9. The second-order valence-electron chi connectivity index (χ2n) is 8.89. The van der Waals surface area contributed by atoms with Gasteiger partial charge >= 0.3 is 0 Å². The van der Waals surface area contributed by atoms with Crippen LogP contribution in [0.4, 0.5) is 11.4 Å². The highest BCUT2D eigenvalue weighted by molar-refractivity contribution is 6.07. The zero-order valence-corrected chi connectivity index (χ0v) is 19.8. The molecule has 4 N–H and O–H groups in total. The SMILES string of the molecule is CCCOc1cccc(-c2nc(C(=O)Nc3cnccc3C3CCC(O)CC3)c(N)cc2C)c1. The van der Waals surface area contributed by atoms with Crippen molar-refractivity contribution < 1.29 is 14.6 Å². The molecule has 2 aromatic heterocycles. The second kappa shape index (κ2) is 10.7. The summed E-state index contributed by atoms with van der Waals surface area (Å²) in [6.45, 7) is 4.63. The lowest BCUT2D eigenvalue weighted by atomic mass is 9.82. The fourth-order valence-corrected chi connectivity index (χ4v) is 4.50. The number of amides is 1. The third kappa shape index (κ3) is 5.37. The number of aromatic nitrogens is 2. The molecule has 178 valence electrons. The third-order valence-corrected chi connectivity index (χ3v) is 6.28. The fraction of sp³-hybridized carbons (Fsp3) is 0.370. The van der Waals surface area contributed by atoms with Crippen molar-refractivity contribution in [3.8, 4) is 17.0 Å². The van der Waals surface area contributed by atoms with Gasteiger partial charge in [0.2, 0.25) is 0 Å². The number of aliphatic hydroxyl groups is 1. The van der Waals surface area contributed by atoms with Crippen molar-refractivity contribution in [1.82, 2.24) is 9.97 Å². The first kappa shape index (κ1) is 23.7. The van der Waals surface area contributed by atoms with Crippen molar-refractivity contribution >= 4 is 17.3 Å². The van der Waals surface area contributed by atoms with E-state index < -0.39 is 0 Å². The van der Waals surface area contributed by atoms with Gasteiger partial charge in [-0.2, -0.15) is 0 Å². The normalized spacial score (nSPS) is 17.9. The molecule has 7 nitrogen and oxygen atoms in total. The van der Waals surface area contributed by atoms with E-state index in [1.54, 1.807) is 18.5 Å². The van der Waals surface area contributed by atoms with E-state index in [1.165, 1.54) is 0 Å². The summed E-state index contributed by atoms with van der Waals surface area (Å²) in [6.07, 6.45) is 7.36. The van der Waals surface area contributed by atoms with Gasteiger partial charge in [0.15, 0.2) is 5.69 Å². The number of hydrogen-bond donors (Lipinski definition) is 3. The lowest BCUT2D eigenvalue weighted by Crippen LogP contribution is -2.21. The Labute approximate surface area is 200 Å². The van der Waals surface area contributed by atoms with Gasteiger partial charge in [-0.05, 0) is 80.3 Å². The zero-order chi connectivity index (χ0) is 24.1. The monoisotopic (exact) mass is 460 g/mol. The van der Waals surface area contributed by atoms with Crippen LogP contribution in [0.5, 0.6) is 5.75 Å². The van der Waals surface area contributed by atoms with Gasteiger partial charge in [-0.3, -0.25) is 9.78 Å². The van der Waals surface area contributed by atoms with Gasteiger partial charge in [0.1, 0.15) is 5.75 Å². The number of ether oxygens (including phenoxy) is 1. The third-order valence-electron chi connectivity index (χ3n) is 6.28. The number of nitrogen functional groups attached to an aromatic ring is 1. The van der Waals surface area contributed by atoms with Crippen LogP contribution in [0.2, 0.25) is 0 Å². The van der Waals surface area contributed by atoms with Gasteiger partial charge in [-0.1, -0.05) is 19.1 Å². The molecule has 2 heterocycles. The molecule has 1 aliphatic carbocycles. The molecule has 1 aromatic carbocycles. The largest absolute Gasteiger partial charge is 0.494 e. The number of anilines is 2. The zero-order valence-electron chi connectivity index (χ0n) is 19.8. The summed E-state index contributed by atoms with van der Waals surface area (Å²) < 4.78 is 5.76. The number of rotatable bonds is 7. The molecule has 0 unspecified atom stereocenters. The summed E-state index contributed by atoms with van der Waals surface area (Å²) in [4.78, 5) is 22.2. The molecule has 0 saturated heterocycles. The van der Waals surface area contributed by atoms with Crippen molar-refractivity contribution in [1.29, 1.82) is 0 Å². The van der Waals surface area contributed by atoms with E-state index in [0.717, 1.165) is 54.5 Å². The summed E-state index contributed by atoms with van der Waals surface area (Å²) in [7, 11) is 0. The minimum Gasteiger partial charge on any atom is -0.494 e. The highest BCUT2D eigenvalue weighted by Crippen LogP contribution is 2.36. The number of carbonyl (C=O) groups excluding carboxylic acids is 1. The topological polar surface area (TPSA) is 110 Å². The quantitative estimate of drug-likeness (QED) is 0.453. The van der Waals surface area contributed by atoms with E-state index >= 15 is 0 Å². The van der Waals surface area contributed by atoms with Crippen molar-refractivity contribution in [2.75, 3.05) is 17.7 Å². The number of aliphatic hydroxyl groups excluding tert-OH is 1. The molecule has 7 heteroatoms. The molecule has 1 amide bonds. The number of nitrogens with one attached hydrogen (secondary N) is 1. The van der Waals surface area contributed by atoms with Crippen molar-refractivity contribution in [3.05, 3.63) is 65.6 Å². The summed E-state index contributed by atoms with van der Waals surface area (Å²) in [5.74, 6) is 0.662. The maximum absolute atomic E-state index is 13.3. The molecule has 34 heavy (non-hydrogen) atoms. The summed E-state index contributed by atoms with van der Waals surface area (Å²) in [6, 6.07) is 11.4. The Balaban J connectivity index is 1.61. The van der Waals surface area contributed by atoms with Gasteiger partial charge < -0.3 is 20.9 Å². The van der Waals surface area contributed by atoms with Crippen LogP contribution in [0, 0.1) is 6.92 Å². The summed E-state index contributed by atoms with van der Waals surface area (Å²) >= 11 is 0. The molecule has 0 atom stereocenters. The van der Waals surface area contributed by atoms with Crippen LogP contribution in [0.15, 0.2) is 48.8 Å². The van der Waals surface area contributed by atoms with Crippen LogP contribution in [0.25, 0.3) is 11.3 Å². The van der Waals surface area contributed by atoms with E-state index in [9.17, 15) is 9.90 Å². The molecule has 0 bridgehead atoms. The highest BCUT2D eigenvalue weighted by atomic mass is 16.5. The van der Waals surface area contributed by atoms with Crippen molar-refractivity contribution in [3.63, 3.8) is 0 Å². The molecule has 0 aliphatic heterocycles. The van der Waals surface area contributed by atoms with Crippen LogP contribution in [0.3, 0.4) is 0 Å². The Morgan fingerprint density at radius 2 is 2.00 bits per heavy atom. The van der Waals surface area contributed by atoms with Crippen LogP contribution >= 0.6 is 0 Å². The van der Waals surface area contributed by atoms with E-state index in [4.69, 9.17) is 10.5 Å². The molecule has 0 radical (unpaired) electrons. The Hall–Kier alpha value is -3.45. The van der Waals surface area contributed by atoms with E-state index in [1.807, 2.05) is 37.3 Å². The molecule has 0 spiro atoms. The smallest absolute Gasteiger partial charge is 0.276 e. The maximum atomic E-state index is 13.3. The fourth-order valence-electron chi connectivity index (χ4n) is 4.50. The maximum Gasteiger partial charge on any atom is 0.276 e. The average Bonchev–Trinajstić information content (AvgIpc) is 2.84. The summed E-state index contributed by atoms with van der Waals surface area (Å²) in [5, 5.41) is 12.8. The molecule has 1 aliphatic rings. The van der Waals surface area contributed by atoms with Gasteiger partial charge in [-0.25, -0.2) is 4.98 Å². The van der Waals surface area contributed by atoms with Crippen molar-refractivity contribution in [2.24, 2.45) is 0 Å². The molecule has 1 fully saturated rings. The Kier molecular flexibility index (Phi) is 7.43. The lowest BCUT2D eigenvalue weighted by molar-refractivity contribution is 0.102. The number of nitrogens with zero attached hydrogens (tertiary/aromatic N) is 2. The van der Waals surface area contributed by atoms with E-state index in [0.29, 0.717) is 23.7 Å². The first-order valence-corrected chi connectivity index (χ1v) is 11.9. The molecular formula is C27H32N4O3. The predicted octanol–water partition coefficient (Wildman–Crippen LogP) is 5.09. The number of aryl methyl sites for hydroxylation is 1. The van der Waals surface area contributed by atoms with E-state index in [2.05, 4.69) is 22.2 Å². The summed E-state index contributed by atoms with van der Waals surface area (Å²) in [5.41, 5.74) is 10.8. The molecule has 1 saturated carbocycles. The second-order valence-corrected chi connectivity index (χ2v) is 8.89.